The van der Waals surface area contributed by atoms with E-state index in [-0.39, 0.29) is 0 Å². The van der Waals surface area contributed by atoms with Crippen LogP contribution in [0, 0.1) is 0 Å². The zero-order chi connectivity index (χ0) is 49.0. The van der Waals surface area contributed by atoms with Crippen molar-refractivity contribution in [2.24, 2.45) is 0 Å². The van der Waals surface area contributed by atoms with Gasteiger partial charge >= 0.3 is 0 Å². The van der Waals surface area contributed by atoms with Gasteiger partial charge in [-0.15, -0.1) is 0 Å². The predicted octanol–water partition coefficient (Wildman–Crippen LogP) is 14.7. The molecule has 0 atom stereocenters. The average Bonchev–Trinajstić information content (AvgIpc) is 3.48. The molecule has 0 aliphatic carbocycles. The first-order chi connectivity index (χ1) is 36.7. The van der Waals surface area contributed by atoms with Gasteiger partial charge in [-0.2, -0.15) is 0 Å². The van der Waals surface area contributed by atoms with Crippen molar-refractivity contribution >= 4 is 68.4 Å². The quantitative estimate of drug-likeness (QED) is 0.143. The maximum atomic E-state index is 5.27. The molecule has 0 saturated heterocycles. The van der Waals surface area contributed by atoms with Gasteiger partial charge in [-0.3, -0.25) is 19.9 Å². The van der Waals surface area contributed by atoms with Crippen molar-refractivity contribution in [2.45, 2.75) is 19.6 Å². The predicted molar refractivity (Wildman–Crippen MR) is 292 cm³/mol. The SMILES string of the molecule is c1ccc(-c2nc(-c3cccnc3)nc(-c3cc(N4c5ccccc5Sc5ccccc54)c4cc(-c5nc(-c6cccnc6)nc(-c6ccccn6)n5)cc(N5c6ccccc6Sc6ccccc65)c4c3)n2)nc1. The summed E-state index contributed by atoms with van der Waals surface area (Å²) in [6, 6.07) is 62.2. The van der Waals surface area contributed by atoms with Crippen molar-refractivity contribution in [3.8, 4) is 68.6 Å². The van der Waals surface area contributed by atoms with E-state index in [9.17, 15) is 0 Å². The van der Waals surface area contributed by atoms with Crippen LogP contribution < -0.4 is 9.80 Å². The summed E-state index contributed by atoms with van der Waals surface area (Å²) in [6.45, 7) is 0. The van der Waals surface area contributed by atoms with E-state index in [0.29, 0.717) is 46.3 Å². The molecule has 0 bridgehead atoms. The van der Waals surface area contributed by atoms with E-state index in [0.717, 1.165) is 86.7 Å². The van der Waals surface area contributed by atoms with Crippen molar-refractivity contribution < 1.29 is 0 Å². The van der Waals surface area contributed by atoms with Gasteiger partial charge in [-0.1, -0.05) is 84.2 Å². The highest BCUT2D eigenvalue weighted by Crippen LogP contribution is 2.57. The van der Waals surface area contributed by atoms with Gasteiger partial charge in [0, 0.05) is 89.8 Å². The van der Waals surface area contributed by atoms with Crippen molar-refractivity contribution in [3.05, 3.63) is 219 Å². The maximum Gasteiger partial charge on any atom is 0.182 e. The number of aromatic nitrogens is 10. The summed E-state index contributed by atoms with van der Waals surface area (Å²) >= 11 is 3.52. The minimum absolute atomic E-state index is 0.440. The van der Waals surface area contributed by atoms with Crippen molar-refractivity contribution in [1.29, 1.82) is 0 Å². The standard InChI is InChI=1S/C60H36N12S2/c1-5-23-51-45(19-1)71(46-20-2-6-24-52(46)73-51)49-33-39(57-65-55(37-15-13-27-61-35-37)67-59(69-57)43-17-9-11-29-63-43)32-42-41(49)31-40(34-50(42)72-47-21-3-7-25-53(47)74-54-26-8-4-22-48(54)72)58-66-56(38-16-14-28-62-36-38)68-60(70-58)44-18-10-12-30-64-44/h1-36H. The molecule has 2 aliphatic heterocycles. The van der Waals surface area contributed by atoms with Crippen LogP contribution in [-0.4, -0.2) is 49.8 Å². The van der Waals surface area contributed by atoms with Gasteiger partial charge in [0.2, 0.25) is 0 Å². The Morgan fingerprint density at radius 3 is 0.986 bits per heavy atom. The Morgan fingerprint density at radius 2 is 0.635 bits per heavy atom. The second-order valence-electron chi connectivity index (χ2n) is 17.4. The fourth-order valence-corrected chi connectivity index (χ4v) is 11.6. The van der Waals surface area contributed by atoms with Gasteiger partial charge < -0.3 is 9.80 Å². The van der Waals surface area contributed by atoms with Gasteiger partial charge in [0.25, 0.3) is 0 Å². The first kappa shape index (κ1) is 43.3. The number of pyridine rings is 4. The van der Waals surface area contributed by atoms with E-state index in [2.05, 4.69) is 141 Å². The van der Waals surface area contributed by atoms with E-state index in [1.165, 1.54) is 0 Å². The Bertz CT molecular complexity index is 3640. The summed E-state index contributed by atoms with van der Waals surface area (Å²) in [6.07, 6.45) is 10.5. The second kappa shape index (κ2) is 18.3. The van der Waals surface area contributed by atoms with Gasteiger partial charge in [0.1, 0.15) is 11.4 Å². The summed E-state index contributed by atoms with van der Waals surface area (Å²) in [4.78, 5) is 58.6. The third-order valence-corrected chi connectivity index (χ3v) is 15.0. The lowest BCUT2D eigenvalue weighted by molar-refractivity contribution is 1.05. The third-order valence-electron chi connectivity index (χ3n) is 12.8. The summed E-state index contributed by atoms with van der Waals surface area (Å²) in [7, 11) is 0. The highest BCUT2D eigenvalue weighted by atomic mass is 32.2. The number of rotatable bonds is 8. The molecule has 14 rings (SSSR count). The minimum atomic E-state index is 0.440. The lowest BCUT2D eigenvalue weighted by Crippen LogP contribution is -2.17. The molecule has 0 amide bonds. The molecular formula is C60H36N12S2. The smallest absolute Gasteiger partial charge is 0.182 e. The van der Waals surface area contributed by atoms with E-state index < -0.39 is 0 Å². The highest BCUT2D eigenvalue weighted by molar-refractivity contribution is 8.00. The fourth-order valence-electron chi connectivity index (χ4n) is 9.46. The van der Waals surface area contributed by atoms with E-state index in [1.54, 1.807) is 60.7 Å². The van der Waals surface area contributed by atoms with Crippen molar-refractivity contribution in [1.82, 2.24) is 49.8 Å². The van der Waals surface area contributed by atoms with Gasteiger partial charge in [-0.05, 0) is 121 Å². The third kappa shape index (κ3) is 7.76. The molecular weight excluding hydrogens is 953 g/mol. The van der Waals surface area contributed by atoms with Crippen molar-refractivity contribution in [2.75, 3.05) is 9.80 Å². The number of benzene rings is 6. The summed E-state index contributed by atoms with van der Waals surface area (Å²) in [5.74, 6) is 2.78. The Morgan fingerprint density at radius 1 is 0.284 bits per heavy atom. The van der Waals surface area contributed by atoms with Crippen LogP contribution in [0.5, 0.6) is 0 Å². The number of fused-ring (bicyclic) bond motifs is 5. The fraction of sp³-hybridized carbons (Fsp3) is 0. The molecule has 2 aliphatic rings. The maximum absolute atomic E-state index is 5.27. The number of hydrogen-bond acceptors (Lipinski definition) is 14. The van der Waals surface area contributed by atoms with Crippen LogP contribution in [-0.2, 0) is 0 Å². The zero-order valence-corrected chi connectivity index (χ0v) is 40.6. The topological polar surface area (TPSA) is 135 Å². The normalized spacial score (nSPS) is 12.4. The molecule has 6 aromatic carbocycles. The first-order valence-corrected chi connectivity index (χ1v) is 25.4. The molecule has 0 saturated carbocycles. The van der Waals surface area contributed by atoms with Gasteiger partial charge in [0.15, 0.2) is 34.9 Å². The summed E-state index contributed by atoms with van der Waals surface area (Å²) in [5.41, 5.74) is 10.2. The van der Waals surface area contributed by atoms with E-state index in [1.807, 2.05) is 60.7 Å². The minimum Gasteiger partial charge on any atom is -0.308 e. The molecule has 0 spiro atoms. The van der Waals surface area contributed by atoms with Crippen LogP contribution >= 0.6 is 23.5 Å². The molecule has 0 unspecified atom stereocenters. The van der Waals surface area contributed by atoms with E-state index in [4.69, 9.17) is 39.9 Å². The molecule has 0 N–H and O–H groups in total. The number of anilines is 6. The zero-order valence-electron chi connectivity index (χ0n) is 39.0. The number of hydrogen-bond donors (Lipinski definition) is 0. The van der Waals surface area contributed by atoms with E-state index >= 15 is 0 Å². The number of nitrogens with zero attached hydrogens (tertiary/aromatic N) is 12. The van der Waals surface area contributed by atoms with Crippen LogP contribution in [0.4, 0.5) is 34.1 Å². The van der Waals surface area contributed by atoms with Crippen LogP contribution in [0.2, 0.25) is 0 Å². The monoisotopic (exact) mass is 988 g/mol. The molecule has 8 heterocycles. The second-order valence-corrected chi connectivity index (χ2v) is 19.5. The molecule has 0 radical (unpaired) electrons. The Hall–Kier alpha value is -9.50. The first-order valence-electron chi connectivity index (χ1n) is 23.8. The van der Waals surface area contributed by atoms with Crippen molar-refractivity contribution in [3.63, 3.8) is 0 Å². The highest BCUT2D eigenvalue weighted by Gasteiger charge is 2.31. The van der Waals surface area contributed by atoms with Crippen LogP contribution in [0.3, 0.4) is 0 Å². The lowest BCUT2D eigenvalue weighted by atomic mass is 9.96. The Kier molecular flexibility index (Phi) is 10.7. The molecule has 74 heavy (non-hydrogen) atoms. The van der Waals surface area contributed by atoms with Gasteiger partial charge in [-0.25, -0.2) is 29.9 Å². The van der Waals surface area contributed by atoms with Crippen LogP contribution in [0.15, 0.2) is 239 Å². The van der Waals surface area contributed by atoms with Gasteiger partial charge in [0.05, 0.1) is 34.1 Å². The number of para-hydroxylation sites is 4. The summed E-state index contributed by atoms with van der Waals surface area (Å²) < 4.78 is 0. The Balaban J connectivity index is 1.13. The lowest BCUT2D eigenvalue weighted by Gasteiger charge is -2.36. The largest absolute Gasteiger partial charge is 0.308 e. The molecule has 12 aromatic rings. The summed E-state index contributed by atoms with van der Waals surface area (Å²) in [5, 5.41) is 1.86. The molecule has 0 fully saturated rings. The van der Waals surface area contributed by atoms with Crippen LogP contribution in [0.1, 0.15) is 0 Å². The average molecular weight is 989 g/mol. The van der Waals surface area contributed by atoms with Crippen LogP contribution in [0.25, 0.3) is 79.4 Å². The Labute approximate surface area is 433 Å². The molecule has 14 heteroatoms. The molecule has 12 nitrogen and oxygen atoms in total. The molecule has 348 valence electrons. The molecule has 6 aromatic heterocycles.